The van der Waals surface area contributed by atoms with E-state index in [0.29, 0.717) is 16.5 Å². The summed E-state index contributed by atoms with van der Waals surface area (Å²) in [5.74, 6) is 0.0303. The van der Waals surface area contributed by atoms with E-state index in [1.54, 1.807) is 18.2 Å². The number of carbonyl (C=O) groups is 3. The molecule has 1 saturated heterocycles. The van der Waals surface area contributed by atoms with Crippen LogP contribution in [0.1, 0.15) is 27.6 Å². The maximum atomic E-state index is 12.7. The Morgan fingerprint density at radius 1 is 1.16 bits per heavy atom. The van der Waals surface area contributed by atoms with Crippen molar-refractivity contribution in [2.45, 2.75) is 13.5 Å². The van der Waals surface area contributed by atoms with Crippen molar-refractivity contribution in [1.29, 1.82) is 0 Å². The van der Waals surface area contributed by atoms with Crippen molar-refractivity contribution in [2.75, 3.05) is 7.11 Å². The summed E-state index contributed by atoms with van der Waals surface area (Å²) in [6.45, 7) is 1.77. The summed E-state index contributed by atoms with van der Waals surface area (Å²) in [5.41, 5.74) is 1.81. The van der Waals surface area contributed by atoms with Crippen LogP contribution in [0.25, 0.3) is 17.4 Å². The van der Waals surface area contributed by atoms with E-state index in [2.05, 4.69) is 10.1 Å². The Labute approximate surface area is 182 Å². The number of urea groups is 1. The van der Waals surface area contributed by atoms with Crippen LogP contribution in [0.4, 0.5) is 4.79 Å². The van der Waals surface area contributed by atoms with Gasteiger partial charge in [-0.2, -0.15) is 0 Å². The van der Waals surface area contributed by atoms with Gasteiger partial charge in [0.05, 0.1) is 13.7 Å². The van der Waals surface area contributed by atoms with Gasteiger partial charge in [0.15, 0.2) is 0 Å². The van der Waals surface area contributed by atoms with Gasteiger partial charge < -0.3 is 18.9 Å². The lowest BCUT2D eigenvalue weighted by molar-refractivity contribution is -0.123. The Hall–Kier alpha value is -3.78. The minimum Gasteiger partial charge on any atom is -0.463 e. The van der Waals surface area contributed by atoms with Gasteiger partial charge in [-0.3, -0.25) is 9.69 Å². The second kappa shape index (κ2) is 8.16. The number of nitrogens with zero attached hydrogens (tertiary/aromatic N) is 1. The second-order valence-electron chi connectivity index (χ2n) is 6.80. The molecule has 0 unspecified atom stereocenters. The zero-order chi connectivity index (χ0) is 22.1. The molecule has 0 atom stereocenters. The molecule has 158 valence electrons. The van der Waals surface area contributed by atoms with Gasteiger partial charge in [-0.15, -0.1) is 0 Å². The number of nitrogens with one attached hydrogen (secondary N) is 1. The zero-order valence-electron chi connectivity index (χ0n) is 16.6. The van der Waals surface area contributed by atoms with Crippen LogP contribution in [-0.4, -0.2) is 29.9 Å². The molecule has 1 aliphatic rings. The van der Waals surface area contributed by atoms with E-state index in [9.17, 15) is 14.4 Å². The number of esters is 1. The maximum Gasteiger partial charge on any atom is 0.373 e. The number of ether oxygens (including phenoxy) is 1. The smallest absolute Gasteiger partial charge is 0.373 e. The third-order valence-corrected chi connectivity index (χ3v) is 5.10. The van der Waals surface area contributed by atoms with Crippen molar-refractivity contribution in [2.24, 2.45) is 0 Å². The molecule has 1 fully saturated rings. The van der Waals surface area contributed by atoms with Crippen LogP contribution in [0.2, 0.25) is 5.02 Å². The molecule has 0 radical (unpaired) electrons. The van der Waals surface area contributed by atoms with Gasteiger partial charge in [0.25, 0.3) is 5.91 Å². The Bertz CT molecular complexity index is 1220. The van der Waals surface area contributed by atoms with Crippen molar-refractivity contribution in [3.8, 4) is 11.3 Å². The fourth-order valence-corrected chi connectivity index (χ4v) is 3.20. The van der Waals surface area contributed by atoms with E-state index in [-0.39, 0.29) is 23.8 Å². The van der Waals surface area contributed by atoms with Gasteiger partial charge in [0, 0.05) is 16.7 Å². The number of carbonyl (C=O) groups excluding carboxylic acids is 3. The zero-order valence-corrected chi connectivity index (χ0v) is 17.4. The van der Waals surface area contributed by atoms with Crippen LogP contribution in [0.5, 0.6) is 0 Å². The summed E-state index contributed by atoms with van der Waals surface area (Å²) in [6, 6.07) is 11.3. The first kappa shape index (κ1) is 20.5. The van der Waals surface area contributed by atoms with Crippen molar-refractivity contribution >= 4 is 35.6 Å². The van der Waals surface area contributed by atoms with E-state index < -0.39 is 17.9 Å². The lowest BCUT2D eigenvalue weighted by Gasteiger charge is -2.09. The minimum atomic E-state index is -0.646. The molecule has 8 nitrogen and oxygen atoms in total. The highest BCUT2D eigenvalue weighted by Crippen LogP contribution is 2.28. The Morgan fingerprint density at radius 3 is 2.71 bits per heavy atom. The van der Waals surface area contributed by atoms with E-state index in [0.717, 1.165) is 16.0 Å². The van der Waals surface area contributed by atoms with E-state index in [1.807, 2.05) is 19.1 Å². The van der Waals surface area contributed by atoms with Crippen LogP contribution in [0.15, 0.2) is 57.0 Å². The summed E-state index contributed by atoms with van der Waals surface area (Å²) in [5, 5.41) is 3.13. The van der Waals surface area contributed by atoms with Gasteiger partial charge in [-0.1, -0.05) is 23.7 Å². The summed E-state index contributed by atoms with van der Waals surface area (Å²) in [4.78, 5) is 37.4. The van der Waals surface area contributed by atoms with Crippen molar-refractivity contribution < 1.29 is 28.0 Å². The number of halogens is 1. The van der Waals surface area contributed by atoms with Crippen LogP contribution in [0.3, 0.4) is 0 Å². The van der Waals surface area contributed by atoms with Crippen LogP contribution < -0.4 is 5.32 Å². The number of benzene rings is 1. The molecule has 3 amide bonds. The molecule has 0 aliphatic carbocycles. The van der Waals surface area contributed by atoms with Crippen molar-refractivity contribution in [1.82, 2.24) is 10.2 Å². The predicted molar refractivity (Wildman–Crippen MR) is 111 cm³/mol. The Morgan fingerprint density at radius 2 is 1.97 bits per heavy atom. The largest absolute Gasteiger partial charge is 0.463 e. The lowest BCUT2D eigenvalue weighted by atomic mass is 10.1. The highest BCUT2D eigenvalue weighted by Gasteiger charge is 2.34. The number of hydrogen-bond acceptors (Lipinski definition) is 6. The first-order valence-electron chi connectivity index (χ1n) is 9.23. The highest BCUT2D eigenvalue weighted by atomic mass is 35.5. The average Bonchev–Trinajstić information content (AvgIpc) is 3.47. The first-order chi connectivity index (χ1) is 14.9. The summed E-state index contributed by atoms with van der Waals surface area (Å²) in [7, 11) is 1.23. The molecular formula is C22H17ClN2O6. The standard InChI is InChI=1S/C22H17ClN2O6/c1-12-3-4-13(9-16(12)23)18-7-5-14(30-18)10-17-20(26)25(22(28)24-17)11-15-6-8-19(31-15)21(27)29-2/h3-10H,11H2,1-2H3,(H,24,28)/b17-10-. The number of rotatable bonds is 5. The lowest BCUT2D eigenvalue weighted by Crippen LogP contribution is -2.30. The molecule has 9 heteroatoms. The number of imide groups is 1. The quantitative estimate of drug-likeness (QED) is 0.359. The molecule has 1 N–H and O–H groups in total. The highest BCUT2D eigenvalue weighted by molar-refractivity contribution is 6.31. The molecule has 1 aromatic carbocycles. The summed E-state index contributed by atoms with van der Waals surface area (Å²) in [6.07, 6.45) is 1.45. The minimum absolute atomic E-state index is 0.0142. The van der Waals surface area contributed by atoms with Gasteiger partial charge in [-0.25, -0.2) is 9.59 Å². The molecule has 0 spiro atoms. The number of methoxy groups -OCH3 is 1. The Kier molecular flexibility index (Phi) is 5.39. The molecule has 0 bridgehead atoms. The molecule has 1 aliphatic heterocycles. The van der Waals surface area contributed by atoms with Crippen LogP contribution in [0, 0.1) is 6.92 Å². The first-order valence-corrected chi connectivity index (χ1v) is 9.61. The number of amides is 3. The van der Waals surface area contributed by atoms with Crippen LogP contribution >= 0.6 is 11.6 Å². The molecule has 31 heavy (non-hydrogen) atoms. The number of aryl methyl sites for hydroxylation is 1. The van der Waals surface area contributed by atoms with E-state index in [4.69, 9.17) is 20.4 Å². The van der Waals surface area contributed by atoms with Crippen LogP contribution in [-0.2, 0) is 16.1 Å². The maximum absolute atomic E-state index is 12.7. The van der Waals surface area contributed by atoms with E-state index in [1.165, 1.54) is 25.3 Å². The third-order valence-electron chi connectivity index (χ3n) is 4.69. The molecular weight excluding hydrogens is 424 g/mol. The van der Waals surface area contributed by atoms with Gasteiger partial charge >= 0.3 is 12.0 Å². The molecule has 3 heterocycles. The van der Waals surface area contributed by atoms with E-state index >= 15 is 0 Å². The normalized spacial score (nSPS) is 14.9. The number of hydrogen-bond donors (Lipinski definition) is 1. The molecule has 4 rings (SSSR count). The number of furan rings is 2. The Balaban J connectivity index is 1.51. The van der Waals surface area contributed by atoms with Gasteiger partial charge in [0.1, 0.15) is 23.0 Å². The predicted octanol–water partition coefficient (Wildman–Crippen LogP) is 4.38. The summed E-state index contributed by atoms with van der Waals surface area (Å²) >= 11 is 6.17. The van der Waals surface area contributed by atoms with Gasteiger partial charge in [0.2, 0.25) is 5.76 Å². The topological polar surface area (TPSA) is 102 Å². The second-order valence-corrected chi connectivity index (χ2v) is 7.21. The van der Waals surface area contributed by atoms with Crippen molar-refractivity contribution in [3.05, 3.63) is 76.0 Å². The van der Waals surface area contributed by atoms with Gasteiger partial charge in [-0.05, 0) is 42.8 Å². The van der Waals surface area contributed by atoms with Crippen molar-refractivity contribution in [3.63, 3.8) is 0 Å². The molecule has 2 aromatic heterocycles. The third kappa shape index (κ3) is 4.10. The summed E-state index contributed by atoms with van der Waals surface area (Å²) < 4.78 is 15.7. The fourth-order valence-electron chi connectivity index (χ4n) is 3.02. The average molecular weight is 441 g/mol. The molecule has 3 aromatic rings. The monoisotopic (exact) mass is 440 g/mol. The fraction of sp³-hybridized carbons (Fsp3) is 0.136. The SMILES string of the molecule is COC(=O)c1ccc(CN2C(=O)N/C(=C\c3ccc(-c4ccc(C)c(Cl)c4)o3)C2=O)o1. The molecule has 0 saturated carbocycles.